The summed E-state index contributed by atoms with van der Waals surface area (Å²) in [5.74, 6) is 0.241. The fourth-order valence-corrected chi connectivity index (χ4v) is 4.92. The molecule has 3 fully saturated rings. The number of carboxylic acid groups (broad SMARTS) is 1. The number of aliphatic carboxylic acids is 1. The Morgan fingerprint density at radius 3 is 2.54 bits per heavy atom. The van der Waals surface area contributed by atoms with Crippen LogP contribution < -0.4 is 5.32 Å². The lowest BCUT2D eigenvalue weighted by molar-refractivity contribution is -0.149. The molecule has 3 rings (SSSR count). The third kappa shape index (κ3) is 3.72. The van der Waals surface area contributed by atoms with Crippen LogP contribution in [-0.2, 0) is 9.59 Å². The molecule has 0 aromatic carbocycles. The van der Waals surface area contributed by atoms with Crippen molar-refractivity contribution < 1.29 is 14.7 Å². The molecule has 1 unspecified atom stereocenters. The molecule has 3 atom stereocenters. The molecule has 24 heavy (non-hydrogen) atoms. The zero-order valence-corrected chi connectivity index (χ0v) is 15.4. The van der Waals surface area contributed by atoms with E-state index in [1.165, 1.54) is 32.1 Å². The quantitative estimate of drug-likeness (QED) is 0.792. The predicted molar refractivity (Wildman–Crippen MR) is 95.3 cm³/mol. The number of rotatable bonds is 5. The number of carbonyl (C=O) groups excluding carboxylic acids is 1. The van der Waals surface area contributed by atoms with Gasteiger partial charge in [0.25, 0.3) is 0 Å². The number of nitrogens with zero attached hydrogens (tertiary/aromatic N) is 1. The number of halogens is 1. The van der Waals surface area contributed by atoms with Crippen LogP contribution >= 0.6 is 12.4 Å². The van der Waals surface area contributed by atoms with Crippen molar-refractivity contribution in [2.75, 3.05) is 19.6 Å². The van der Waals surface area contributed by atoms with Crippen LogP contribution in [0.2, 0.25) is 0 Å². The van der Waals surface area contributed by atoms with E-state index in [9.17, 15) is 14.7 Å². The summed E-state index contributed by atoms with van der Waals surface area (Å²) in [5, 5.41) is 12.8. The second-order valence-corrected chi connectivity index (χ2v) is 7.91. The Hall–Kier alpha value is -0.810. The largest absolute Gasteiger partial charge is 0.481 e. The zero-order valence-electron chi connectivity index (χ0n) is 14.6. The summed E-state index contributed by atoms with van der Waals surface area (Å²) < 4.78 is 0. The first-order chi connectivity index (χ1) is 11.0. The average molecular weight is 359 g/mol. The smallest absolute Gasteiger partial charge is 0.311 e. The van der Waals surface area contributed by atoms with E-state index >= 15 is 0 Å². The molecule has 1 aliphatic heterocycles. The summed E-state index contributed by atoms with van der Waals surface area (Å²) in [6.45, 7) is 3.99. The summed E-state index contributed by atoms with van der Waals surface area (Å²) in [6.07, 6.45) is 9.10. The highest BCUT2D eigenvalue weighted by atomic mass is 35.5. The van der Waals surface area contributed by atoms with E-state index < -0.39 is 11.4 Å². The maximum atomic E-state index is 12.5. The van der Waals surface area contributed by atoms with Crippen molar-refractivity contribution in [1.29, 1.82) is 0 Å². The minimum Gasteiger partial charge on any atom is -0.481 e. The number of carbonyl (C=O) groups is 2. The van der Waals surface area contributed by atoms with Crippen molar-refractivity contribution in [2.45, 2.75) is 64.3 Å². The normalized spacial score (nSPS) is 32.0. The van der Waals surface area contributed by atoms with Crippen molar-refractivity contribution in [1.82, 2.24) is 10.2 Å². The summed E-state index contributed by atoms with van der Waals surface area (Å²) in [4.78, 5) is 26.3. The lowest BCUT2D eigenvalue weighted by Gasteiger charge is -2.28. The monoisotopic (exact) mass is 358 g/mol. The van der Waals surface area contributed by atoms with Gasteiger partial charge >= 0.3 is 5.97 Å². The summed E-state index contributed by atoms with van der Waals surface area (Å²) >= 11 is 0. The van der Waals surface area contributed by atoms with Crippen molar-refractivity contribution in [3.63, 3.8) is 0 Å². The second kappa shape index (κ2) is 8.05. The van der Waals surface area contributed by atoms with E-state index in [1.54, 1.807) is 0 Å². The van der Waals surface area contributed by atoms with Crippen LogP contribution in [0.3, 0.4) is 0 Å². The topological polar surface area (TPSA) is 69.6 Å². The highest BCUT2D eigenvalue weighted by Gasteiger charge is 2.55. The molecule has 0 aromatic heterocycles. The van der Waals surface area contributed by atoms with Gasteiger partial charge < -0.3 is 10.4 Å². The van der Waals surface area contributed by atoms with Crippen LogP contribution in [0.25, 0.3) is 0 Å². The van der Waals surface area contributed by atoms with Crippen LogP contribution in [0.5, 0.6) is 0 Å². The third-order valence-electron chi connectivity index (χ3n) is 6.54. The molecule has 2 N–H and O–H groups in total. The lowest BCUT2D eigenvalue weighted by Crippen LogP contribution is -2.46. The van der Waals surface area contributed by atoms with Crippen LogP contribution in [0, 0.1) is 17.3 Å². The summed E-state index contributed by atoms with van der Waals surface area (Å²) in [7, 11) is 0. The number of likely N-dealkylation sites (tertiary alicyclic amines) is 1. The lowest BCUT2D eigenvalue weighted by atomic mass is 9.81. The molecule has 0 bridgehead atoms. The Kier molecular flexibility index (Phi) is 6.54. The first-order valence-electron chi connectivity index (χ1n) is 9.28. The standard InChI is InChI=1S/C18H30N2O3.ClH/c1-13(16(21)19-10-14-6-3-2-4-7-14)20-11-15-8-5-9-18(15,12-20)17(22)23;/h13-15H,2-12H2,1H3,(H,19,21)(H,22,23);1H/t13?,15-,18+;/m0./s1. The highest BCUT2D eigenvalue weighted by molar-refractivity contribution is 5.85. The Labute approximate surface area is 151 Å². The average Bonchev–Trinajstić information content (AvgIpc) is 3.11. The first kappa shape index (κ1) is 19.5. The minimum atomic E-state index is -0.669. The van der Waals surface area contributed by atoms with E-state index in [1.807, 2.05) is 6.92 Å². The van der Waals surface area contributed by atoms with Crippen molar-refractivity contribution in [2.24, 2.45) is 17.3 Å². The van der Waals surface area contributed by atoms with Gasteiger partial charge in [0.1, 0.15) is 0 Å². The van der Waals surface area contributed by atoms with Gasteiger partial charge in [0.05, 0.1) is 11.5 Å². The molecule has 0 aromatic rings. The second-order valence-electron chi connectivity index (χ2n) is 7.91. The number of carboxylic acids is 1. The molecule has 1 heterocycles. The molecule has 1 saturated heterocycles. The van der Waals surface area contributed by atoms with E-state index in [2.05, 4.69) is 10.2 Å². The fraction of sp³-hybridized carbons (Fsp3) is 0.889. The number of nitrogens with one attached hydrogen (secondary N) is 1. The molecule has 2 saturated carbocycles. The molecule has 0 radical (unpaired) electrons. The maximum Gasteiger partial charge on any atom is 0.311 e. The van der Waals surface area contributed by atoms with E-state index in [0.717, 1.165) is 32.4 Å². The van der Waals surface area contributed by atoms with E-state index in [0.29, 0.717) is 12.5 Å². The number of hydrogen-bond donors (Lipinski definition) is 2. The van der Waals surface area contributed by atoms with Crippen LogP contribution in [0.15, 0.2) is 0 Å². The van der Waals surface area contributed by atoms with Gasteiger partial charge in [0.15, 0.2) is 0 Å². The van der Waals surface area contributed by atoms with Gasteiger partial charge in [-0.2, -0.15) is 0 Å². The Morgan fingerprint density at radius 1 is 1.21 bits per heavy atom. The van der Waals surface area contributed by atoms with Crippen LogP contribution in [0.4, 0.5) is 0 Å². The molecular weight excluding hydrogens is 328 g/mol. The van der Waals surface area contributed by atoms with Gasteiger partial charge in [-0.25, -0.2) is 0 Å². The van der Waals surface area contributed by atoms with Gasteiger partial charge in [-0.1, -0.05) is 25.7 Å². The summed E-state index contributed by atoms with van der Waals surface area (Å²) in [6, 6.07) is -0.222. The van der Waals surface area contributed by atoms with Gasteiger partial charge in [0.2, 0.25) is 5.91 Å². The van der Waals surface area contributed by atoms with Gasteiger partial charge in [-0.3, -0.25) is 14.5 Å². The molecule has 5 nitrogen and oxygen atoms in total. The Bertz CT molecular complexity index is 467. The molecule has 1 amide bonds. The van der Waals surface area contributed by atoms with Gasteiger partial charge in [-0.05, 0) is 44.4 Å². The summed E-state index contributed by atoms with van der Waals surface area (Å²) in [5.41, 5.74) is -0.599. The molecule has 2 aliphatic carbocycles. The van der Waals surface area contributed by atoms with Gasteiger partial charge in [0, 0.05) is 19.6 Å². The molecule has 6 heteroatoms. The SMILES string of the molecule is CC(C(=O)NCC1CCCCC1)N1C[C@@H]2CCC[C@@]2(C(=O)O)C1.Cl. The molecule has 138 valence electrons. The zero-order chi connectivity index (χ0) is 16.4. The van der Waals surface area contributed by atoms with Gasteiger partial charge in [-0.15, -0.1) is 12.4 Å². The highest BCUT2D eigenvalue weighted by Crippen LogP contribution is 2.49. The first-order valence-corrected chi connectivity index (χ1v) is 9.28. The fourth-order valence-electron chi connectivity index (χ4n) is 4.92. The molecule has 0 spiro atoms. The Morgan fingerprint density at radius 2 is 1.92 bits per heavy atom. The molecule has 3 aliphatic rings. The van der Waals surface area contributed by atoms with Crippen molar-refractivity contribution in [3.8, 4) is 0 Å². The maximum absolute atomic E-state index is 12.5. The van der Waals surface area contributed by atoms with Crippen molar-refractivity contribution in [3.05, 3.63) is 0 Å². The number of fused-ring (bicyclic) bond motifs is 1. The van der Waals surface area contributed by atoms with E-state index in [4.69, 9.17) is 0 Å². The van der Waals surface area contributed by atoms with Crippen LogP contribution in [0.1, 0.15) is 58.3 Å². The Balaban J connectivity index is 0.00000208. The van der Waals surface area contributed by atoms with Crippen molar-refractivity contribution >= 4 is 24.3 Å². The van der Waals surface area contributed by atoms with E-state index in [-0.39, 0.29) is 30.3 Å². The molecular formula is C18H31ClN2O3. The number of hydrogen-bond acceptors (Lipinski definition) is 3. The minimum absolute atomic E-state index is 0. The van der Waals surface area contributed by atoms with Crippen LogP contribution in [-0.4, -0.2) is 47.6 Å². The third-order valence-corrected chi connectivity index (χ3v) is 6.54. The predicted octanol–water partition coefficient (Wildman–Crippen LogP) is 2.68. The number of amides is 1.